The van der Waals surface area contributed by atoms with Gasteiger partial charge in [0.2, 0.25) is 0 Å². The van der Waals surface area contributed by atoms with Crippen LogP contribution in [-0.4, -0.2) is 14.1 Å². The molecule has 0 saturated heterocycles. The number of benzene rings is 2. The second-order valence-corrected chi connectivity index (χ2v) is 6.79. The van der Waals surface area contributed by atoms with E-state index in [4.69, 9.17) is 23.2 Å². The summed E-state index contributed by atoms with van der Waals surface area (Å²) in [6, 6.07) is 12.8. The molecule has 0 spiro atoms. The molecule has 2 rings (SSSR count). The Balaban J connectivity index is 2.18. The second kappa shape index (κ2) is 6.47. The summed E-state index contributed by atoms with van der Waals surface area (Å²) in [6.45, 7) is 1.70. The SMILES string of the molecule is CC(=NNS(=O)(=O)c1ccc(Cl)cc1)c1ccc(Cl)cc1. The maximum atomic E-state index is 12.1. The maximum Gasteiger partial charge on any atom is 0.276 e. The number of hydrogen-bond acceptors (Lipinski definition) is 3. The highest BCUT2D eigenvalue weighted by molar-refractivity contribution is 7.89. The number of nitrogens with zero attached hydrogens (tertiary/aromatic N) is 1. The summed E-state index contributed by atoms with van der Waals surface area (Å²) in [4.78, 5) is 2.29. The van der Waals surface area contributed by atoms with Gasteiger partial charge in [0.05, 0.1) is 10.6 Å². The molecule has 1 N–H and O–H groups in total. The molecule has 0 saturated carbocycles. The van der Waals surface area contributed by atoms with Crippen LogP contribution in [0.1, 0.15) is 12.5 Å². The van der Waals surface area contributed by atoms with Gasteiger partial charge in [-0.1, -0.05) is 35.3 Å². The van der Waals surface area contributed by atoms with Crippen molar-refractivity contribution in [3.8, 4) is 0 Å². The summed E-state index contributed by atoms with van der Waals surface area (Å²) in [5.41, 5.74) is 1.31. The van der Waals surface area contributed by atoms with Crippen LogP contribution >= 0.6 is 23.2 Å². The lowest BCUT2D eigenvalue weighted by molar-refractivity contribution is 0.584. The van der Waals surface area contributed by atoms with Crippen molar-refractivity contribution in [3.05, 3.63) is 64.1 Å². The van der Waals surface area contributed by atoms with Crippen molar-refractivity contribution in [2.45, 2.75) is 11.8 Å². The molecule has 0 heterocycles. The van der Waals surface area contributed by atoms with Gasteiger partial charge in [-0.2, -0.15) is 18.4 Å². The number of hydrogen-bond donors (Lipinski definition) is 1. The van der Waals surface area contributed by atoms with Crippen LogP contribution in [0, 0.1) is 0 Å². The molecule has 0 aliphatic heterocycles. The lowest BCUT2D eigenvalue weighted by atomic mass is 10.1. The van der Waals surface area contributed by atoms with E-state index in [1.54, 1.807) is 31.2 Å². The van der Waals surface area contributed by atoms with Crippen molar-refractivity contribution in [3.63, 3.8) is 0 Å². The van der Waals surface area contributed by atoms with Gasteiger partial charge in [-0.05, 0) is 48.9 Å². The quantitative estimate of drug-likeness (QED) is 0.680. The third-order valence-electron chi connectivity index (χ3n) is 2.72. The van der Waals surface area contributed by atoms with Crippen molar-refractivity contribution in [1.29, 1.82) is 0 Å². The summed E-state index contributed by atoms with van der Waals surface area (Å²) >= 11 is 11.5. The minimum absolute atomic E-state index is 0.0968. The van der Waals surface area contributed by atoms with Crippen LogP contribution in [0.5, 0.6) is 0 Å². The van der Waals surface area contributed by atoms with Crippen molar-refractivity contribution in [2.75, 3.05) is 0 Å². The first-order valence-electron chi connectivity index (χ1n) is 5.96. The summed E-state index contributed by atoms with van der Waals surface area (Å²) in [5.74, 6) is 0. The number of halogens is 2. The van der Waals surface area contributed by atoms with Crippen LogP contribution in [-0.2, 0) is 10.0 Å². The molecule has 0 aliphatic rings. The van der Waals surface area contributed by atoms with Gasteiger partial charge in [-0.15, -0.1) is 0 Å². The Hall–Kier alpha value is -1.56. The Labute approximate surface area is 133 Å². The van der Waals surface area contributed by atoms with Gasteiger partial charge in [0.15, 0.2) is 0 Å². The first-order valence-corrected chi connectivity index (χ1v) is 8.20. The van der Waals surface area contributed by atoms with Crippen LogP contribution in [0.25, 0.3) is 0 Å². The number of rotatable bonds is 4. The lowest BCUT2D eigenvalue weighted by Crippen LogP contribution is -2.19. The van der Waals surface area contributed by atoms with E-state index in [0.29, 0.717) is 15.8 Å². The maximum absolute atomic E-state index is 12.1. The van der Waals surface area contributed by atoms with Crippen molar-refractivity contribution in [2.24, 2.45) is 5.10 Å². The smallest absolute Gasteiger partial charge is 0.200 e. The monoisotopic (exact) mass is 342 g/mol. The molecule has 0 fully saturated rings. The highest BCUT2D eigenvalue weighted by atomic mass is 35.5. The fourth-order valence-electron chi connectivity index (χ4n) is 1.55. The molecule has 7 heteroatoms. The molecule has 0 atom stereocenters. The lowest BCUT2D eigenvalue weighted by Gasteiger charge is -2.05. The average molecular weight is 343 g/mol. The molecule has 2 aromatic rings. The minimum atomic E-state index is -3.71. The zero-order valence-corrected chi connectivity index (χ0v) is 13.4. The largest absolute Gasteiger partial charge is 0.276 e. The topological polar surface area (TPSA) is 58.5 Å². The van der Waals surface area contributed by atoms with Crippen LogP contribution in [0.15, 0.2) is 58.5 Å². The van der Waals surface area contributed by atoms with Crippen LogP contribution in [0.2, 0.25) is 10.0 Å². The third-order valence-corrected chi connectivity index (χ3v) is 4.45. The minimum Gasteiger partial charge on any atom is -0.200 e. The third kappa shape index (κ3) is 4.20. The van der Waals surface area contributed by atoms with E-state index < -0.39 is 10.0 Å². The van der Waals surface area contributed by atoms with Crippen molar-refractivity contribution >= 4 is 38.9 Å². The zero-order valence-electron chi connectivity index (χ0n) is 11.0. The molecule has 0 unspecified atom stereocenters. The Kier molecular flexibility index (Phi) is 4.88. The van der Waals surface area contributed by atoms with Gasteiger partial charge in [-0.25, -0.2) is 0 Å². The highest BCUT2D eigenvalue weighted by Gasteiger charge is 2.12. The number of hydrazone groups is 1. The first-order chi connectivity index (χ1) is 9.88. The van der Waals surface area contributed by atoms with Gasteiger partial charge >= 0.3 is 0 Å². The molecule has 0 amide bonds. The van der Waals surface area contributed by atoms with Gasteiger partial charge in [-0.3, -0.25) is 0 Å². The predicted molar refractivity (Wildman–Crippen MR) is 85.4 cm³/mol. The Morgan fingerprint density at radius 1 is 0.952 bits per heavy atom. The van der Waals surface area contributed by atoms with Crippen LogP contribution in [0.3, 0.4) is 0 Å². The van der Waals surface area contributed by atoms with E-state index in [0.717, 1.165) is 5.56 Å². The van der Waals surface area contributed by atoms with Crippen LogP contribution < -0.4 is 4.83 Å². The Morgan fingerprint density at radius 3 is 1.95 bits per heavy atom. The summed E-state index contributed by atoms with van der Waals surface area (Å²) < 4.78 is 24.1. The van der Waals surface area contributed by atoms with E-state index in [-0.39, 0.29) is 4.90 Å². The standard InChI is InChI=1S/C14H12Cl2N2O2S/c1-10(11-2-4-12(15)5-3-11)17-18-21(19,20)14-8-6-13(16)7-9-14/h2-9,18H,1H3. The predicted octanol–water partition coefficient (Wildman–Crippen LogP) is 3.70. The summed E-state index contributed by atoms with van der Waals surface area (Å²) in [7, 11) is -3.71. The second-order valence-electron chi connectivity index (χ2n) is 4.25. The highest BCUT2D eigenvalue weighted by Crippen LogP contribution is 2.14. The molecule has 110 valence electrons. The van der Waals surface area contributed by atoms with E-state index in [1.807, 2.05) is 0 Å². The molecule has 21 heavy (non-hydrogen) atoms. The number of sulfonamides is 1. The number of nitrogens with one attached hydrogen (secondary N) is 1. The fraction of sp³-hybridized carbons (Fsp3) is 0.0714. The van der Waals surface area contributed by atoms with E-state index in [1.165, 1.54) is 24.3 Å². The Bertz CT molecular complexity index is 755. The summed E-state index contributed by atoms with van der Waals surface area (Å²) in [5, 5.41) is 4.97. The average Bonchev–Trinajstić information content (AvgIpc) is 2.46. The molecule has 0 aromatic heterocycles. The molecule has 0 radical (unpaired) electrons. The van der Waals surface area contributed by atoms with E-state index >= 15 is 0 Å². The molecule has 0 aliphatic carbocycles. The van der Waals surface area contributed by atoms with Gasteiger partial charge in [0, 0.05) is 10.0 Å². The van der Waals surface area contributed by atoms with Gasteiger partial charge in [0.25, 0.3) is 10.0 Å². The van der Waals surface area contributed by atoms with Crippen molar-refractivity contribution < 1.29 is 8.42 Å². The summed E-state index contributed by atoms with van der Waals surface area (Å²) in [6.07, 6.45) is 0. The van der Waals surface area contributed by atoms with E-state index in [2.05, 4.69) is 9.93 Å². The zero-order chi connectivity index (χ0) is 15.5. The molecular formula is C14H12Cl2N2O2S. The molecule has 4 nitrogen and oxygen atoms in total. The van der Waals surface area contributed by atoms with Gasteiger partial charge < -0.3 is 0 Å². The Morgan fingerprint density at radius 2 is 1.43 bits per heavy atom. The first kappa shape index (κ1) is 15.8. The van der Waals surface area contributed by atoms with E-state index in [9.17, 15) is 8.42 Å². The van der Waals surface area contributed by atoms with Gasteiger partial charge in [0.1, 0.15) is 0 Å². The van der Waals surface area contributed by atoms with Crippen molar-refractivity contribution in [1.82, 2.24) is 4.83 Å². The molecular weight excluding hydrogens is 331 g/mol. The fourth-order valence-corrected chi connectivity index (χ4v) is 2.66. The normalized spacial score (nSPS) is 12.2. The molecule has 0 bridgehead atoms. The van der Waals surface area contributed by atoms with Crippen LogP contribution in [0.4, 0.5) is 0 Å². The molecule has 2 aromatic carbocycles.